The maximum absolute atomic E-state index is 11.9. The van der Waals surface area contributed by atoms with Crippen molar-refractivity contribution in [2.75, 3.05) is 26.2 Å². The Morgan fingerprint density at radius 3 is 2.06 bits per heavy atom. The average molecular weight is 245 g/mol. The number of rotatable bonds is 7. The third-order valence-corrected chi connectivity index (χ3v) is 2.67. The molecule has 2 N–H and O–H groups in total. The van der Waals surface area contributed by atoms with Gasteiger partial charge in [-0.05, 0) is 27.7 Å². The number of hydrogen-bond donors (Lipinski definition) is 1. The highest BCUT2D eigenvalue weighted by molar-refractivity contribution is 7.80. The number of carbonyl (C=O) groups is 1. The molecule has 0 aromatic rings. The molecule has 94 valence electrons. The molecule has 1 amide bonds. The van der Waals surface area contributed by atoms with Gasteiger partial charge < -0.3 is 10.6 Å². The van der Waals surface area contributed by atoms with Crippen molar-refractivity contribution >= 4 is 23.1 Å². The summed E-state index contributed by atoms with van der Waals surface area (Å²) in [6.07, 6.45) is 0. The van der Waals surface area contributed by atoms with E-state index in [4.69, 9.17) is 18.0 Å². The Morgan fingerprint density at radius 2 is 1.75 bits per heavy atom. The van der Waals surface area contributed by atoms with E-state index in [1.165, 1.54) is 0 Å². The number of thiocarbonyl (C=S) groups is 1. The Kier molecular flexibility index (Phi) is 7.25. The zero-order valence-corrected chi connectivity index (χ0v) is 11.5. The Bertz CT molecular complexity index is 239. The second-order valence-corrected chi connectivity index (χ2v) is 4.56. The van der Waals surface area contributed by atoms with E-state index in [1.54, 1.807) is 0 Å². The Hall–Kier alpha value is -0.680. The van der Waals surface area contributed by atoms with Gasteiger partial charge in [0.15, 0.2) is 0 Å². The van der Waals surface area contributed by atoms with Crippen LogP contribution in [0.5, 0.6) is 0 Å². The molecule has 0 aliphatic carbocycles. The van der Waals surface area contributed by atoms with Crippen LogP contribution in [0, 0.1) is 0 Å². The van der Waals surface area contributed by atoms with Gasteiger partial charge in [-0.25, -0.2) is 0 Å². The molecule has 0 aromatic carbocycles. The van der Waals surface area contributed by atoms with Crippen LogP contribution in [0.15, 0.2) is 0 Å². The minimum absolute atomic E-state index is 0.134. The third-order valence-electron chi connectivity index (χ3n) is 2.54. The van der Waals surface area contributed by atoms with Crippen LogP contribution in [-0.4, -0.2) is 52.9 Å². The van der Waals surface area contributed by atoms with E-state index < -0.39 is 0 Å². The van der Waals surface area contributed by atoms with Crippen LogP contribution in [0.4, 0.5) is 0 Å². The van der Waals surface area contributed by atoms with Crippen molar-refractivity contribution in [3.05, 3.63) is 0 Å². The van der Waals surface area contributed by atoms with Crippen molar-refractivity contribution in [3.8, 4) is 0 Å². The van der Waals surface area contributed by atoms with Crippen LogP contribution in [0.3, 0.4) is 0 Å². The molecular formula is C11H23N3OS. The molecule has 0 saturated heterocycles. The molecule has 0 unspecified atom stereocenters. The molecule has 0 heterocycles. The molecule has 0 fully saturated rings. The summed E-state index contributed by atoms with van der Waals surface area (Å²) >= 11 is 4.88. The highest BCUT2D eigenvalue weighted by Crippen LogP contribution is 2.00. The van der Waals surface area contributed by atoms with Crippen LogP contribution >= 0.6 is 12.2 Å². The molecule has 0 bridgehead atoms. The minimum atomic E-state index is 0.134. The SMILES string of the molecule is CCN(CC)C(=O)CN(CC(N)=S)C(C)C. The first kappa shape index (κ1) is 15.3. The predicted octanol–water partition coefficient (Wildman–Crippen LogP) is 0.851. The fraction of sp³-hybridized carbons (Fsp3) is 0.818. The quantitative estimate of drug-likeness (QED) is 0.676. The molecule has 0 rings (SSSR count). The lowest BCUT2D eigenvalue weighted by Gasteiger charge is -2.28. The Labute approximate surface area is 104 Å². The largest absolute Gasteiger partial charge is 0.392 e. The van der Waals surface area contributed by atoms with Crippen LogP contribution in [0.25, 0.3) is 0 Å². The zero-order chi connectivity index (χ0) is 12.7. The highest BCUT2D eigenvalue weighted by Gasteiger charge is 2.17. The summed E-state index contributed by atoms with van der Waals surface area (Å²) in [7, 11) is 0. The molecule has 0 aliphatic rings. The van der Waals surface area contributed by atoms with E-state index in [0.29, 0.717) is 18.1 Å². The first-order valence-electron chi connectivity index (χ1n) is 5.72. The normalized spacial score (nSPS) is 10.9. The van der Waals surface area contributed by atoms with E-state index in [-0.39, 0.29) is 11.9 Å². The average Bonchev–Trinajstić information content (AvgIpc) is 2.17. The molecule has 5 heteroatoms. The van der Waals surface area contributed by atoms with Gasteiger partial charge in [0.1, 0.15) is 0 Å². The van der Waals surface area contributed by atoms with Gasteiger partial charge in [-0.1, -0.05) is 12.2 Å². The Morgan fingerprint density at radius 1 is 1.25 bits per heavy atom. The van der Waals surface area contributed by atoms with Gasteiger partial charge in [-0.2, -0.15) is 0 Å². The van der Waals surface area contributed by atoms with E-state index in [2.05, 4.69) is 0 Å². The fourth-order valence-corrected chi connectivity index (χ4v) is 1.64. The molecular weight excluding hydrogens is 222 g/mol. The summed E-state index contributed by atoms with van der Waals surface area (Å²) < 4.78 is 0. The second-order valence-electron chi connectivity index (χ2n) is 4.03. The lowest BCUT2D eigenvalue weighted by Crippen LogP contribution is -2.45. The maximum Gasteiger partial charge on any atom is 0.236 e. The first-order chi connectivity index (χ1) is 7.42. The zero-order valence-electron chi connectivity index (χ0n) is 10.7. The van der Waals surface area contributed by atoms with Gasteiger partial charge in [0.25, 0.3) is 0 Å². The molecule has 0 radical (unpaired) electrons. The molecule has 0 saturated carbocycles. The smallest absolute Gasteiger partial charge is 0.236 e. The number of nitrogens with zero attached hydrogens (tertiary/aromatic N) is 2. The first-order valence-corrected chi connectivity index (χ1v) is 6.13. The topological polar surface area (TPSA) is 49.6 Å². The maximum atomic E-state index is 11.9. The van der Waals surface area contributed by atoms with Gasteiger partial charge in [0.05, 0.1) is 11.5 Å². The molecule has 4 nitrogen and oxygen atoms in total. The van der Waals surface area contributed by atoms with Crippen LogP contribution in [-0.2, 0) is 4.79 Å². The summed E-state index contributed by atoms with van der Waals surface area (Å²) in [5, 5.41) is 0. The van der Waals surface area contributed by atoms with Crippen molar-refractivity contribution in [3.63, 3.8) is 0 Å². The monoisotopic (exact) mass is 245 g/mol. The van der Waals surface area contributed by atoms with Gasteiger partial charge >= 0.3 is 0 Å². The third kappa shape index (κ3) is 5.42. The van der Waals surface area contributed by atoms with Crippen LogP contribution in [0.2, 0.25) is 0 Å². The number of amides is 1. The lowest BCUT2D eigenvalue weighted by molar-refractivity contribution is -0.132. The predicted molar refractivity (Wildman–Crippen MR) is 71.4 cm³/mol. The van der Waals surface area contributed by atoms with Crippen molar-refractivity contribution in [1.29, 1.82) is 0 Å². The van der Waals surface area contributed by atoms with Gasteiger partial charge in [-0.3, -0.25) is 9.69 Å². The number of nitrogens with two attached hydrogens (primary N) is 1. The molecule has 0 atom stereocenters. The van der Waals surface area contributed by atoms with E-state index in [1.807, 2.05) is 37.5 Å². The van der Waals surface area contributed by atoms with Crippen molar-refractivity contribution in [1.82, 2.24) is 9.80 Å². The number of carbonyl (C=O) groups excluding carboxylic acids is 1. The lowest BCUT2D eigenvalue weighted by atomic mass is 10.3. The second kappa shape index (κ2) is 7.57. The summed E-state index contributed by atoms with van der Waals surface area (Å²) in [4.78, 5) is 16.1. The number of likely N-dealkylation sites (N-methyl/N-ethyl adjacent to an activating group) is 1. The van der Waals surface area contributed by atoms with Crippen LogP contribution in [0.1, 0.15) is 27.7 Å². The summed E-state index contributed by atoms with van der Waals surface area (Å²) in [5.74, 6) is 0.134. The van der Waals surface area contributed by atoms with Gasteiger partial charge in [0, 0.05) is 25.7 Å². The van der Waals surface area contributed by atoms with E-state index in [0.717, 1.165) is 13.1 Å². The van der Waals surface area contributed by atoms with Crippen molar-refractivity contribution in [2.24, 2.45) is 5.73 Å². The van der Waals surface area contributed by atoms with E-state index in [9.17, 15) is 4.79 Å². The van der Waals surface area contributed by atoms with Gasteiger partial charge in [0.2, 0.25) is 5.91 Å². The van der Waals surface area contributed by atoms with Crippen molar-refractivity contribution < 1.29 is 4.79 Å². The summed E-state index contributed by atoms with van der Waals surface area (Å²) in [6.45, 7) is 10.4. The molecule has 0 aromatic heterocycles. The molecule has 0 spiro atoms. The fourth-order valence-electron chi connectivity index (χ4n) is 1.47. The van der Waals surface area contributed by atoms with E-state index >= 15 is 0 Å². The summed E-state index contributed by atoms with van der Waals surface area (Å²) in [6, 6.07) is 0.265. The standard InChI is InChI=1S/C11H23N3OS/c1-5-13(6-2)11(15)8-14(9(3)4)7-10(12)16/h9H,5-8H2,1-4H3,(H2,12,16). The number of hydrogen-bond acceptors (Lipinski definition) is 3. The Balaban J connectivity index is 4.38. The summed E-state index contributed by atoms with van der Waals surface area (Å²) in [5.41, 5.74) is 5.51. The van der Waals surface area contributed by atoms with Gasteiger partial charge in [-0.15, -0.1) is 0 Å². The molecule has 16 heavy (non-hydrogen) atoms. The highest BCUT2D eigenvalue weighted by atomic mass is 32.1. The minimum Gasteiger partial charge on any atom is -0.392 e. The van der Waals surface area contributed by atoms with Crippen molar-refractivity contribution in [2.45, 2.75) is 33.7 Å². The van der Waals surface area contributed by atoms with Crippen LogP contribution < -0.4 is 5.73 Å². The molecule has 0 aliphatic heterocycles.